The third-order valence-electron chi connectivity index (χ3n) is 4.39. The van der Waals surface area contributed by atoms with Gasteiger partial charge in [-0.05, 0) is 24.3 Å². The lowest BCUT2D eigenvalue weighted by Crippen LogP contribution is -2.48. The van der Waals surface area contributed by atoms with E-state index >= 15 is 0 Å². The highest BCUT2D eigenvalue weighted by Crippen LogP contribution is 2.17. The van der Waals surface area contributed by atoms with Gasteiger partial charge in [0.15, 0.2) is 5.82 Å². The lowest BCUT2D eigenvalue weighted by atomic mass is 10.1. The van der Waals surface area contributed by atoms with Crippen LogP contribution in [0.3, 0.4) is 0 Å². The fourth-order valence-electron chi connectivity index (χ4n) is 3.08. The molecular formula is C17H19N5O2. The molecule has 7 heteroatoms. The molecule has 0 spiro atoms. The molecule has 0 saturated carbocycles. The molecular weight excluding hydrogens is 306 g/mol. The van der Waals surface area contributed by atoms with Gasteiger partial charge in [-0.25, -0.2) is 0 Å². The number of piperazine rings is 1. The van der Waals surface area contributed by atoms with E-state index in [-0.39, 0.29) is 5.91 Å². The smallest absolute Gasteiger partial charge is 0.253 e. The molecule has 0 radical (unpaired) electrons. The number of carbonyl (C=O) groups is 1. The van der Waals surface area contributed by atoms with Crippen molar-refractivity contribution < 1.29 is 9.32 Å². The van der Waals surface area contributed by atoms with Gasteiger partial charge in [-0.15, -0.1) is 0 Å². The summed E-state index contributed by atoms with van der Waals surface area (Å²) < 4.78 is 5.00. The van der Waals surface area contributed by atoms with Gasteiger partial charge in [-0.2, -0.15) is 4.98 Å². The first kappa shape index (κ1) is 14.9. The number of aromatic amines is 1. The van der Waals surface area contributed by atoms with Crippen molar-refractivity contribution in [2.75, 3.05) is 26.2 Å². The van der Waals surface area contributed by atoms with Crippen LogP contribution >= 0.6 is 0 Å². The van der Waals surface area contributed by atoms with Crippen molar-refractivity contribution in [2.24, 2.45) is 0 Å². The van der Waals surface area contributed by atoms with Crippen LogP contribution in [0, 0.1) is 6.92 Å². The highest BCUT2D eigenvalue weighted by atomic mass is 16.5. The van der Waals surface area contributed by atoms with E-state index in [0.29, 0.717) is 31.3 Å². The molecule has 1 aromatic carbocycles. The Morgan fingerprint density at radius 3 is 2.83 bits per heavy atom. The maximum absolute atomic E-state index is 12.7. The molecule has 1 aliphatic rings. The minimum Gasteiger partial charge on any atom is -0.361 e. The van der Waals surface area contributed by atoms with Crippen LogP contribution in [-0.2, 0) is 6.54 Å². The first-order chi connectivity index (χ1) is 11.7. The van der Waals surface area contributed by atoms with Crippen molar-refractivity contribution >= 4 is 16.8 Å². The molecule has 4 rings (SSSR count). The SMILES string of the molecule is Cc1nc(CN2CCN(C(=O)c3ccc4[nH]ccc4c3)CC2)no1. The van der Waals surface area contributed by atoms with E-state index in [0.717, 1.165) is 29.6 Å². The van der Waals surface area contributed by atoms with E-state index in [1.165, 1.54) is 0 Å². The molecule has 2 aromatic heterocycles. The first-order valence-electron chi connectivity index (χ1n) is 8.07. The quantitative estimate of drug-likeness (QED) is 0.795. The molecule has 0 aliphatic carbocycles. The van der Waals surface area contributed by atoms with Crippen LogP contribution in [0.15, 0.2) is 35.0 Å². The third kappa shape index (κ3) is 2.90. The van der Waals surface area contributed by atoms with Gasteiger partial charge in [0.25, 0.3) is 5.91 Å². The van der Waals surface area contributed by atoms with Gasteiger partial charge in [0.2, 0.25) is 5.89 Å². The third-order valence-corrected chi connectivity index (χ3v) is 4.39. The van der Waals surface area contributed by atoms with E-state index in [4.69, 9.17) is 4.52 Å². The normalized spacial score (nSPS) is 16.0. The zero-order chi connectivity index (χ0) is 16.5. The van der Waals surface area contributed by atoms with Crippen LogP contribution in [0.4, 0.5) is 0 Å². The number of aryl methyl sites for hydroxylation is 1. The summed E-state index contributed by atoms with van der Waals surface area (Å²) in [7, 11) is 0. The number of carbonyl (C=O) groups excluding carboxylic acids is 1. The maximum Gasteiger partial charge on any atom is 0.253 e. The van der Waals surface area contributed by atoms with Crippen LogP contribution in [0.2, 0.25) is 0 Å². The van der Waals surface area contributed by atoms with Crippen molar-refractivity contribution in [3.8, 4) is 0 Å². The van der Waals surface area contributed by atoms with Crippen LogP contribution in [0.5, 0.6) is 0 Å². The Kier molecular flexibility index (Phi) is 3.78. The second-order valence-corrected chi connectivity index (χ2v) is 6.08. The molecule has 0 unspecified atom stereocenters. The Balaban J connectivity index is 1.38. The maximum atomic E-state index is 12.7. The highest BCUT2D eigenvalue weighted by molar-refractivity contribution is 5.98. The second kappa shape index (κ2) is 6.09. The van der Waals surface area contributed by atoms with E-state index in [2.05, 4.69) is 20.0 Å². The van der Waals surface area contributed by atoms with Crippen LogP contribution in [0.1, 0.15) is 22.1 Å². The van der Waals surface area contributed by atoms with Crippen molar-refractivity contribution in [1.82, 2.24) is 24.9 Å². The first-order valence-corrected chi connectivity index (χ1v) is 8.07. The van der Waals surface area contributed by atoms with Crippen LogP contribution in [0.25, 0.3) is 10.9 Å². The monoisotopic (exact) mass is 325 g/mol. The number of nitrogens with zero attached hydrogens (tertiary/aromatic N) is 4. The predicted octanol–water partition coefficient (Wildman–Crippen LogP) is 1.82. The lowest BCUT2D eigenvalue weighted by Gasteiger charge is -2.34. The number of H-pyrrole nitrogens is 1. The Bertz CT molecular complexity index is 861. The lowest BCUT2D eigenvalue weighted by molar-refractivity contribution is 0.0624. The Hall–Kier alpha value is -2.67. The zero-order valence-electron chi connectivity index (χ0n) is 13.5. The van der Waals surface area contributed by atoms with Gasteiger partial charge in [-0.1, -0.05) is 5.16 Å². The summed E-state index contributed by atoms with van der Waals surface area (Å²) in [6.07, 6.45) is 1.89. The Morgan fingerprint density at radius 1 is 1.25 bits per heavy atom. The fraction of sp³-hybridized carbons (Fsp3) is 0.353. The van der Waals surface area contributed by atoms with Crippen molar-refractivity contribution in [2.45, 2.75) is 13.5 Å². The van der Waals surface area contributed by atoms with Crippen LogP contribution < -0.4 is 0 Å². The molecule has 1 fully saturated rings. The summed E-state index contributed by atoms with van der Waals surface area (Å²) >= 11 is 0. The summed E-state index contributed by atoms with van der Waals surface area (Å²) in [6, 6.07) is 7.77. The van der Waals surface area contributed by atoms with Crippen molar-refractivity contribution in [3.05, 3.63) is 47.7 Å². The summed E-state index contributed by atoms with van der Waals surface area (Å²) in [5.74, 6) is 1.37. The number of rotatable bonds is 3. The molecule has 1 saturated heterocycles. The molecule has 0 bridgehead atoms. The van der Waals surface area contributed by atoms with E-state index in [1.54, 1.807) is 6.92 Å². The molecule has 3 heterocycles. The molecule has 1 N–H and O–H groups in total. The minimum atomic E-state index is 0.0909. The molecule has 24 heavy (non-hydrogen) atoms. The largest absolute Gasteiger partial charge is 0.361 e. The van der Waals surface area contributed by atoms with Crippen molar-refractivity contribution in [1.29, 1.82) is 0 Å². The molecule has 0 atom stereocenters. The van der Waals surface area contributed by atoms with Gasteiger partial charge < -0.3 is 14.4 Å². The van der Waals surface area contributed by atoms with Crippen molar-refractivity contribution in [3.63, 3.8) is 0 Å². The number of nitrogens with one attached hydrogen (secondary N) is 1. The number of benzene rings is 1. The standard InChI is InChI=1S/C17H19N5O2/c1-12-19-16(20-24-12)11-21-6-8-22(9-7-21)17(23)14-2-3-15-13(10-14)4-5-18-15/h2-5,10,18H,6-9,11H2,1H3. The fourth-order valence-corrected chi connectivity index (χ4v) is 3.08. The number of aromatic nitrogens is 3. The minimum absolute atomic E-state index is 0.0909. The number of fused-ring (bicyclic) bond motifs is 1. The number of hydrogen-bond acceptors (Lipinski definition) is 5. The summed E-state index contributed by atoms with van der Waals surface area (Å²) in [4.78, 5) is 24.2. The molecule has 1 amide bonds. The number of amides is 1. The van der Waals surface area contributed by atoms with Gasteiger partial charge in [0, 0.05) is 55.8 Å². The number of hydrogen-bond donors (Lipinski definition) is 1. The highest BCUT2D eigenvalue weighted by Gasteiger charge is 2.23. The van der Waals surface area contributed by atoms with Gasteiger partial charge in [0.05, 0.1) is 6.54 Å². The predicted molar refractivity (Wildman–Crippen MR) is 88.5 cm³/mol. The molecule has 124 valence electrons. The second-order valence-electron chi connectivity index (χ2n) is 6.08. The van der Waals surface area contributed by atoms with Gasteiger partial charge in [0.1, 0.15) is 0 Å². The Morgan fingerprint density at radius 2 is 2.08 bits per heavy atom. The van der Waals surface area contributed by atoms with Gasteiger partial charge >= 0.3 is 0 Å². The van der Waals surface area contributed by atoms with E-state index in [9.17, 15) is 4.79 Å². The van der Waals surface area contributed by atoms with Crippen LogP contribution in [-0.4, -0.2) is 57.0 Å². The van der Waals surface area contributed by atoms with Gasteiger partial charge in [-0.3, -0.25) is 9.69 Å². The van der Waals surface area contributed by atoms with E-state index in [1.807, 2.05) is 35.4 Å². The molecule has 1 aliphatic heterocycles. The molecule has 3 aromatic rings. The summed E-state index contributed by atoms with van der Waals surface area (Å²) in [5.41, 5.74) is 1.79. The zero-order valence-corrected chi connectivity index (χ0v) is 13.5. The average Bonchev–Trinajstić information content (AvgIpc) is 3.23. The summed E-state index contributed by atoms with van der Waals surface area (Å²) in [5, 5.41) is 4.99. The Labute approximate surface area is 139 Å². The molecule has 7 nitrogen and oxygen atoms in total. The topological polar surface area (TPSA) is 78.3 Å². The van der Waals surface area contributed by atoms with E-state index < -0.39 is 0 Å². The average molecular weight is 325 g/mol. The summed E-state index contributed by atoms with van der Waals surface area (Å²) in [6.45, 7) is 5.49.